The van der Waals surface area contributed by atoms with Crippen LogP contribution in [0, 0.1) is 6.92 Å². The number of oxazole rings is 1. The molecule has 0 aliphatic rings. The Labute approximate surface area is 183 Å². The molecule has 3 rings (SSSR count). The smallest absolute Gasteiger partial charge is 0.298 e. The third-order valence-electron chi connectivity index (χ3n) is 4.53. The number of ether oxygens (including phenoxy) is 4. The summed E-state index contributed by atoms with van der Waals surface area (Å²) in [7, 11) is 3.32. The van der Waals surface area contributed by atoms with Gasteiger partial charge in [-0.2, -0.15) is 4.98 Å². The minimum absolute atomic E-state index is 0.512. The Morgan fingerprint density at radius 3 is 1.81 bits per heavy atom. The molecule has 7 nitrogen and oxygen atoms in total. The van der Waals surface area contributed by atoms with Crippen molar-refractivity contribution in [3.63, 3.8) is 0 Å². The minimum Gasteiger partial charge on any atom is -0.491 e. The fraction of sp³-hybridized carbons (Fsp3) is 0.375. The largest absolute Gasteiger partial charge is 0.491 e. The second kappa shape index (κ2) is 12.0. The van der Waals surface area contributed by atoms with Crippen molar-refractivity contribution < 1.29 is 23.4 Å². The summed E-state index contributed by atoms with van der Waals surface area (Å²) in [5, 5.41) is 0. The lowest BCUT2D eigenvalue weighted by Crippen LogP contribution is -2.22. The zero-order valence-electron chi connectivity index (χ0n) is 18.4. The summed E-state index contributed by atoms with van der Waals surface area (Å²) in [5.41, 5.74) is 3.03. The third kappa shape index (κ3) is 7.31. The normalized spacial score (nSPS) is 10.8. The van der Waals surface area contributed by atoms with Crippen molar-refractivity contribution in [2.75, 3.05) is 45.5 Å². The van der Waals surface area contributed by atoms with E-state index in [0.29, 0.717) is 45.5 Å². The van der Waals surface area contributed by atoms with E-state index in [1.807, 2.05) is 43.3 Å². The number of anilines is 1. The highest BCUT2D eigenvalue weighted by Crippen LogP contribution is 2.23. The van der Waals surface area contributed by atoms with Crippen LogP contribution in [0.1, 0.15) is 16.8 Å². The molecular weight excluding hydrogens is 396 g/mol. The maximum Gasteiger partial charge on any atom is 0.298 e. The Morgan fingerprint density at radius 1 is 0.806 bits per heavy atom. The van der Waals surface area contributed by atoms with Crippen molar-refractivity contribution in [3.05, 3.63) is 71.6 Å². The van der Waals surface area contributed by atoms with E-state index in [0.717, 1.165) is 28.3 Å². The first-order valence-electron chi connectivity index (χ1n) is 10.3. The Hall–Kier alpha value is -3.03. The molecule has 0 bridgehead atoms. The average Bonchev–Trinajstić information content (AvgIpc) is 3.21. The topological polar surface area (TPSA) is 66.2 Å². The van der Waals surface area contributed by atoms with Crippen LogP contribution in [0.5, 0.6) is 11.5 Å². The Morgan fingerprint density at radius 2 is 1.35 bits per heavy atom. The molecule has 0 amide bonds. The van der Waals surface area contributed by atoms with Gasteiger partial charge in [-0.1, -0.05) is 24.3 Å². The van der Waals surface area contributed by atoms with Gasteiger partial charge in [0.2, 0.25) is 0 Å². The van der Waals surface area contributed by atoms with Crippen molar-refractivity contribution in [3.8, 4) is 11.5 Å². The fourth-order valence-corrected chi connectivity index (χ4v) is 3.07. The minimum atomic E-state index is 0.512. The van der Waals surface area contributed by atoms with Crippen LogP contribution in [0.15, 0.2) is 59.2 Å². The maximum absolute atomic E-state index is 5.75. The zero-order chi connectivity index (χ0) is 21.9. The van der Waals surface area contributed by atoms with E-state index in [-0.39, 0.29) is 0 Å². The van der Waals surface area contributed by atoms with Crippen LogP contribution in [0.3, 0.4) is 0 Å². The van der Waals surface area contributed by atoms with E-state index in [2.05, 4.69) is 22.0 Å². The quantitative estimate of drug-likeness (QED) is 0.379. The standard InChI is InChI=1S/C24H30N2O5/c1-19-18-31-24(25-19)26(16-20-6-4-8-22(14-20)29-12-10-27-2)17-21-7-5-9-23(15-21)30-13-11-28-3/h4-9,14-15,18H,10-13,16-17H2,1-3H3. The van der Waals surface area contributed by atoms with Crippen LogP contribution < -0.4 is 14.4 Å². The summed E-state index contributed by atoms with van der Waals surface area (Å²) >= 11 is 0. The average molecular weight is 427 g/mol. The molecule has 166 valence electrons. The number of benzene rings is 2. The summed E-state index contributed by atoms with van der Waals surface area (Å²) < 4.78 is 27.3. The molecule has 0 saturated carbocycles. The number of hydrogen-bond acceptors (Lipinski definition) is 7. The molecule has 0 radical (unpaired) electrons. The van der Waals surface area contributed by atoms with Gasteiger partial charge < -0.3 is 28.3 Å². The molecule has 0 atom stereocenters. The third-order valence-corrected chi connectivity index (χ3v) is 4.53. The lowest BCUT2D eigenvalue weighted by atomic mass is 10.1. The van der Waals surface area contributed by atoms with E-state index in [1.165, 1.54) is 0 Å². The van der Waals surface area contributed by atoms with E-state index < -0.39 is 0 Å². The Kier molecular flexibility index (Phi) is 8.75. The first-order valence-corrected chi connectivity index (χ1v) is 10.3. The van der Waals surface area contributed by atoms with Crippen LogP contribution in [0.25, 0.3) is 0 Å². The SMILES string of the molecule is COCCOc1cccc(CN(Cc2cccc(OCCOC)c2)c2nc(C)co2)c1. The summed E-state index contributed by atoms with van der Waals surface area (Å²) in [6, 6.07) is 16.6. The predicted octanol–water partition coefficient (Wildman–Crippen LogP) is 4.24. The van der Waals surface area contributed by atoms with Crippen LogP contribution in [0.4, 0.5) is 6.01 Å². The molecule has 0 aliphatic carbocycles. The zero-order valence-corrected chi connectivity index (χ0v) is 18.4. The van der Waals surface area contributed by atoms with Gasteiger partial charge in [0, 0.05) is 27.3 Å². The molecule has 0 N–H and O–H groups in total. The molecule has 0 aliphatic heterocycles. The molecule has 0 saturated heterocycles. The van der Waals surface area contributed by atoms with E-state index in [4.69, 9.17) is 23.4 Å². The van der Waals surface area contributed by atoms with Crippen molar-refractivity contribution in [1.82, 2.24) is 4.98 Å². The van der Waals surface area contributed by atoms with E-state index >= 15 is 0 Å². The molecule has 7 heteroatoms. The number of rotatable bonds is 13. The maximum atomic E-state index is 5.75. The van der Waals surface area contributed by atoms with Crippen LogP contribution in [-0.4, -0.2) is 45.6 Å². The summed E-state index contributed by atoms with van der Waals surface area (Å²) in [5.74, 6) is 1.62. The highest BCUT2D eigenvalue weighted by molar-refractivity contribution is 5.37. The van der Waals surface area contributed by atoms with Crippen LogP contribution in [0.2, 0.25) is 0 Å². The summed E-state index contributed by atoms with van der Waals surface area (Å²) in [4.78, 5) is 6.63. The van der Waals surface area contributed by atoms with Gasteiger partial charge in [0.15, 0.2) is 0 Å². The van der Waals surface area contributed by atoms with Crippen molar-refractivity contribution in [2.45, 2.75) is 20.0 Å². The number of aromatic nitrogens is 1. The highest BCUT2D eigenvalue weighted by atomic mass is 16.5. The van der Waals surface area contributed by atoms with E-state index in [1.54, 1.807) is 20.5 Å². The van der Waals surface area contributed by atoms with Gasteiger partial charge in [0.05, 0.1) is 18.9 Å². The summed E-state index contributed by atoms with van der Waals surface area (Å²) in [6.07, 6.45) is 1.66. The molecule has 0 spiro atoms. The molecule has 1 aromatic heterocycles. The molecule has 1 heterocycles. The van der Waals surface area contributed by atoms with Crippen LogP contribution >= 0.6 is 0 Å². The Balaban J connectivity index is 1.74. The van der Waals surface area contributed by atoms with E-state index in [9.17, 15) is 0 Å². The second-order valence-electron chi connectivity index (χ2n) is 7.10. The van der Waals surface area contributed by atoms with Gasteiger partial charge in [0.1, 0.15) is 31.0 Å². The van der Waals surface area contributed by atoms with Gasteiger partial charge in [-0.3, -0.25) is 0 Å². The van der Waals surface area contributed by atoms with Gasteiger partial charge in [0.25, 0.3) is 6.01 Å². The molecule has 2 aromatic carbocycles. The number of aryl methyl sites for hydroxylation is 1. The van der Waals surface area contributed by atoms with Gasteiger partial charge in [-0.15, -0.1) is 0 Å². The number of methoxy groups -OCH3 is 2. The van der Waals surface area contributed by atoms with Crippen LogP contribution in [-0.2, 0) is 22.6 Å². The lowest BCUT2D eigenvalue weighted by Gasteiger charge is -2.21. The predicted molar refractivity (Wildman–Crippen MR) is 119 cm³/mol. The molecule has 3 aromatic rings. The van der Waals surface area contributed by atoms with Gasteiger partial charge >= 0.3 is 0 Å². The first-order chi connectivity index (χ1) is 15.2. The number of hydrogen-bond donors (Lipinski definition) is 0. The number of nitrogens with zero attached hydrogens (tertiary/aromatic N) is 2. The monoisotopic (exact) mass is 426 g/mol. The van der Waals surface area contributed by atoms with Crippen molar-refractivity contribution >= 4 is 6.01 Å². The van der Waals surface area contributed by atoms with Gasteiger partial charge in [-0.25, -0.2) is 0 Å². The molecule has 0 fully saturated rings. The first kappa shape index (κ1) is 22.7. The van der Waals surface area contributed by atoms with Crippen molar-refractivity contribution in [1.29, 1.82) is 0 Å². The fourth-order valence-electron chi connectivity index (χ4n) is 3.07. The van der Waals surface area contributed by atoms with Gasteiger partial charge in [-0.05, 0) is 42.3 Å². The summed E-state index contributed by atoms with van der Waals surface area (Å²) in [6.45, 7) is 5.28. The van der Waals surface area contributed by atoms with Crippen molar-refractivity contribution in [2.24, 2.45) is 0 Å². The molecule has 0 unspecified atom stereocenters. The lowest BCUT2D eigenvalue weighted by molar-refractivity contribution is 0.146. The molecular formula is C24H30N2O5. The Bertz CT molecular complexity index is 872. The highest BCUT2D eigenvalue weighted by Gasteiger charge is 2.15. The second-order valence-corrected chi connectivity index (χ2v) is 7.10. The molecule has 31 heavy (non-hydrogen) atoms.